The Balaban J connectivity index is 1.12. The molecule has 4 heterocycles. The minimum Gasteiger partial charge on any atom is -0.370 e. The summed E-state index contributed by atoms with van der Waals surface area (Å²) in [4.78, 5) is 26.9. The van der Waals surface area contributed by atoms with Crippen molar-refractivity contribution in [3.05, 3.63) is 58.7 Å². The smallest absolute Gasteiger partial charge is 0.272 e. The van der Waals surface area contributed by atoms with Gasteiger partial charge in [-0.2, -0.15) is 0 Å². The van der Waals surface area contributed by atoms with Gasteiger partial charge in [0.05, 0.1) is 18.5 Å². The van der Waals surface area contributed by atoms with E-state index in [1.165, 1.54) is 28.0 Å². The molecule has 0 spiro atoms. The lowest BCUT2D eigenvalue weighted by Gasteiger charge is -2.43. The molecule has 9 nitrogen and oxygen atoms in total. The number of amides is 1. The van der Waals surface area contributed by atoms with Crippen molar-refractivity contribution < 1.29 is 17.9 Å². The number of likely N-dealkylation sites (tertiary alicyclic amines) is 2. The van der Waals surface area contributed by atoms with Gasteiger partial charge in [-0.25, -0.2) is 22.7 Å². The van der Waals surface area contributed by atoms with Gasteiger partial charge in [-0.1, -0.05) is 29.8 Å². The molecule has 0 bridgehead atoms. The Morgan fingerprint density at radius 2 is 1.76 bits per heavy atom. The standard InChI is InChI=1S/C32H47N5O4S/c1-23-7-5-8-25(21-23)30-10-6-9-28(41-30)11-12-29-24(2)31(34-22-33-29)32(38)37-19-15-27(16-20-37)36-17-13-26(14-18-36)35(3)42(4,39)40/h5,7-8,21-22,26-28,30H,6,9-20H2,1-4H3/t28-,30+/m1/s1. The largest absolute Gasteiger partial charge is 0.370 e. The zero-order valence-corrected chi connectivity index (χ0v) is 26.5. The van der Waals surface area contributed by atoms with Crippen molar-refractivity contribution in [2.45, 2.75) is 95.9 Å². The van der Waals surface area contributed by atoms with Crippen molar-refractivity contribution in [1.29, 1.82) is 0 Å². The summed E-state index contributed by atoms with van der Waals surface area (Å²) >= 11 is 0. The third-order valence-corrected chi connectivity index (χ3v) is 11.0. The van der Waals surface area contributed by atoms with Gasteiger partial charge in [0.2, 0.25) is 10.0 Å². The molecule has 0 N–H and O–H groups in total. The van der Waals surface area contributed by atoms with Crippen LogP contribution in [0.4, 0.5) is 0 Å². The maximum atomic E-state index is 13.5. The molecule has 0 radical (unpaired) electrons. The number of nitrogens with zero attached hydrogens (tertiary/aromatic N) is 5. The Morgan fingerprint density at radius 3 is 2.45 bits per heavy atom. The molecule has 10 heteroatoms. The molecule has 1 aromatic heterocycles. The second kappa shape index (κ2) is 13.5. The van der Waals surface area contributed by atoms with E-state index in [-0.39, 0.29) is 24.2 Å². The first-order chi connectivity index (χ1) is 20.1. The van der Waals surface area contributed by atoms with Gasteiger partial charge in [-0.15, -0.1) is 0 Å². The minimum absolute atomic E-state index is 0.00323. The summed E-state index contributed by atoms with van der Waals surface area (Å²) < 4.78 is 31.9. The van der Waals surface area contributed by atoms with E-state index in [4.69, 9.17) is 4.74 Å². The van der Waals surface area contributed by atoms with Gasteiger partial charge in [0, 0.05) is 43.5 Å². The van der Waals surface area contributed by atoms with Gasteiger partial charge >= 0.3 is 0 Å². The second-order valence-electron chi connectivity index (χ2n) is 12.5. The number of aryl methyl sites for hydroxylation is 2. The molecular weight excluding hydrogens is 550 g/mol. The van der Waals surface area contributed by atoms with Gasteiger partial charge in [0.15, 0.2) is 0 Å². The highest BCUT2D eigenvalue weighted by molar-refractivity contribution is 7.88. The summed E-state index contributed by atoms with van der Waals surface area (Å²) in [5.41, 5.74) is 4.86. The van der Waals surface area contributed by atoms with Crippen molar-refractivity contribution in [2.75, 3.05) is 39.5 Å². The van der Waals surface area contributed by atoms with Gasteiger partial charge < -0.3 is 14.5 Å². The number of sulfonamides is 1. The lowest BCUT2D eigenvalue weighted by atomic mass is 9.95. The molecule has 3 aliphatic rings. The third kappa shape index (κ3) is 7.38. The summed E-state index contributed by atoms with van der Waals surface area (Å²) in [7, 11) is -1.48. The Hall–Kier alpha value is -2.40. The molecule has 2 aromatic rings. The average molecular weight is 598 g/mol. The average Bonchev–Trinajstić information content (AvgIpc) is 3.00. The number of rotatable bonds is 8. The van der Waals surface area contributed by atoms with E-state index in [0.29, 0.717) is 24.8 Å². The molecule has 3 saturated heterocycles. The summed E-state index contributed by atoms with van der Waals surface area (Å²) in [6.07, 6.45) is 11.6. The predicted octanol–water partition coefficient (Wildman–Crippen LogP) is 4.30. The zero-order chi connectivity index (χ0) is 29.9. The summed E-state index contributed by atoms with van der Waals surface area (Å²) in [5, 5.41) is 0. The normalized spacial score (nSPS) is 23.4. The zero-order valence-electron chi connectivity index (χ0n) is 25.7. The van der Waals surface area contributed by atoms with E-state index in [1.54, 1.807) is 7.05 Å². The van der Waals surface area contributed by atoms with Crippen LogP contribution in [-0.4, -0.2) is 96.1 Å². The monoisotopic (exact) mass is 597 g/mol. The molecule has 0 saturated carbocycles. The maximum absolute atomic E-state index is 13.5. The number of benzene rings is 1. The van der Waals surface area contributed by atoms with Crippen LogP contribution in [0.2, 0.25) is 0 Å². The first-order valence-corrected chi connectivity index (χ1v) is 17.4. The van der Waals surface area contributed by atoms with Crippen LogP contribution in [0.25, 0.3) is 0 Å². The lowest BCUT2D eigenvalue weighted by molar-refractivity contribution is -0.0547. The highest BCUT2D eigenvalue weighted by atomic mass is 32.2. The Labute approximate surface area is 251 Å². The molecule has 3 fully saturated rings. The van der Waals surface area contributed by atoms with Crippen LogP contribution in [0, 0.1) is 13.8 Å². The van der Waals surface area contributed by atoms with Gasteiger partial charge in [-0.05, 0) is 90.3 Å². The molecule has 42 heavy (non-hydrogen) atoms. The van der Waals surface area contributed by atoms with Crippen molar-refractivity contribution in [3.8, 4) is 0 Å². The molecular formula is C32H47N5O4S. The van der Waals surface area contributed by atoms with Crippen LogP contribution in [0.5, 0.6) is 0 Å². The first kappa shape index (κ1) is 31.0. The second-order valence-corrected chi connectivity index (χ2v) is 14.5. The Kier molecular flexibility index (Phi) is 9.97. The molecule has 1 amide bonds. The van der Waals surface area contributed by atoms with Gasteiger partial charge in [-0.3, -0.25) is 4.79 Å². The van der Waals surface area contributed by atoms with E-state index < -0.39 is 10.0 Å². The van der Waals surface area contributed by atoms with Crippen molar-refractivity contribution in [2.24, 2.45) is 0 Å². The van der Waals surface area contributed by atoms with Gasteiger partial charge in [0.25, 0.3) is 5.91 Å². The van der Waals surface area contributed by atoms with Crippen LogP contribution < -0.4 is 0 Å². The van der Waals surface area contributed by atoms with Crippen LogP contribution in [0.15, 0.2) is 30.6 Å². The number of hydrogen-bond donors (Lipinski definition) is 0. The predicted molar refractivity (Wildman–Crippen MR) is 164 cm³/mol. The summed E-state index contributed by atoms with van der Waals surface area (Å²) in [5.74, 6) is -0.00323. The summed E-state index contributed by atoms with van der Waals surface area (Å²) in [6, 6.07) is 9.12. The number of carbonyl (C=O) groups excluding carboxylic acids is 1. The highest BCUT2D eigenvalue weighted by Gasteiger charge is 2.33. The maximum Gasteiger partial charge on any atom is 0.272 e. The van der Waals surface area contributed by atoms with Crippen LogP contribution in [-0.2, 0) is 21.2 Å². The quantitative estimate of drug-likeness (QED) is 0.448. The molecule has 230 valence electrons. The van der Waals surface area contributed by atoms with E-state index in [0.717, 1.165) is 82.1 Å². The van der Waals surface area contributed by atoms with E-state index >= 15 is 0 Å². The van der Waals surface area contributed by atoms with E-state index in [2.05, 4.69) is 46.1 Å². The van der Waals surface area contributed by atoms with Crippen molar-refractivity contribution in [1.82, 2.24) is 24.1 Å². The topological polar surface area (TPSA) is 95.9 Å². The number of ether oxygens (including phenoxy) is 1. The molecule has 3 aliphatic heterocycles. The first-order valence-electron chi connectivity index (χ1n) is 15.6. The minimum atomic E-state index is -3.16. The fourth-order valence-corrected chi connectivity index (χ4v) is 7.70. The Morgan fingerprint density at radius 1 is 1.02 bits per heavy atom. The van der Waals surface area contributed by atoms with Crippen molar-refractivity contribution in [3.63, 3.8) is 0 Å². The number of carbonyl (C=O) groups is 1. The van der Waals surface area contributed by atoms with Crippen LogP contribution >= 0.6 is 0 Å². The van der Waals surface area contributed by atoms with E-state index in [1.807, 2.05) is 11.8 Å². The fourth-order valence-electron chi connectivity index (χ4n) is 6.95. The van der Waals surface area contributed by atoms with Crippen molar-refractivity contribution >= 4 is 15.9 Å². The molecule has 2 atom stereocenters. The third-order valence-electron chi connectivity index (χ3n) is 9.66. The van der Waals surface area contributed by atoms with Crippen LogP contribution in [0.3, 0.4) is 0 Å². The SMILES string of the molecule is Cc1cccc([C@@H]2CCC[C@H](CCc3ncnc(C(=O)N4CCC(N5CCC(N(C)S(C)(=O)=O)CC5)CC4)c3C)O2)c1. The number of hydrogen-bond acceptors (Lipinski definition) is 7. The number of piperidine rings is 2. The lowest BCUT2D eigenvalue weighted by Crippen LogP contribution is -2.52. The number of aromatic nitrogens is 2. The van der Waals surface area contributed by atoms with E-state index in [9.17, 15) is 13.2 Å². The molecule has 0 aliphatic carbocycles. The molecule has 0 unspecified atom stereocenters. The summed E-state index contributed by atoms with van der Waals surface area (Å²) in [6.45, 7) is 7.31. The van der Waals surface area contributed by atoms with Gasteiger partial charge in [0.1, 0.15) is 12.0 Å². The van der Waals surface area contributed by atoms with Crippen LogP contribution in [0.1, 0.15) is 90.3 Å². The fraction of sp³-hybridized carbons (Fsp3) is 0.656. The molecule has 5 rings (SSSR count). The molecule has 1 aromatic carbocycles. The highest BCUT2D eigenvalue weighted by Crippen LogP contribution is 2.33. The Bertz CT molecular complexity index is 1340.